The Morgan fingerprint density at radius 1 is 1.19 bits per heavy atom. The Morgan fingerprint density at radius 2 is 2.00 bits per heavy atom. The van der Waals surface area contributed by atoms with E-state index in [2.05, 4.69) is 12.2 Å². The molecule has 0 saturated carbocycles. The van der Waals surface area contributed by atoms with Crippen LogP contribution in [-0.2, 0) is 16.0 Å². The molecule has 1 unspecified atom stereocenters. The number of aryl methyl sites for hydroxylation is 1. The number of benzene rings is 2. The second-order valence-electron chi connectivity index (χ2n) is 6.44. The largest absolute Gasteiger partial charge is 0.454 e. The van der Waals surface area contributed by atoms with E-state index in [0.717, 1.165) is 17.7 Å². The molecular weight excluding hydrogens is 332 g/mol. The van der Waals surface area contributed by atoms with Gasteiger partial charge in [0.25, 0.3) is 0 Å². The Morgan fingerprint density at radius 3 is 2.85 bits per heavy atom. The molecule has 134 valence electrons. The van der Waals surface area contributed by atoms with Crippen LogP contribution in [0, 0.1) is 5.92 Å². The third-order valence-corrected chi connectivity index (χ3v) is 4.80. The molecule has 0 bridgehead atoms. The van der Waals surface area contributed by atoms with Gasteiger partial charge in [-0.3, -0.25) is 9.59 Å². The number of hydrogen-bond acceptors (Lipinski definition) is 4. The predicted octanol–water partition coefficient (Wildman–Crippen LogP) is 2.97. The van der Waals surface area contributed by atoms with Crippen molar-refractivity contribution >= 4 is 23.2 Å². The number of para-hydroxylation sites is 1. The van der Waals surface area contributed by atoms with Gasteiger partial charge in [0, 0.05) is 30.4 Å². The Balaban J connectivity index is 1.47. The minimum Gasteiger partial charge on any atom is -0.454 e. The molecule has 0 aromatic heterocycles. The molecule has 6 nitrogen and oxygen atoms in total. The average Bonchev–Trinajstić information content (AvgIpc) is 3.27. The first-order chi connectivity index (χ1) is 12.7. The van der Waals surface area contributed by atoms with Crippen molar-refractivity contribution in [2.75, 3.05) is 23.6 Å². The Hall–Kier alpha value is -3.02. The van der Waals surface area contributed by atoms with Crippen molar-refractivity contribution in [3.05, 3.63) is 48.0 Å². The van der Waals surface area contributed by atoms with Crippen LogP contribution >= 0.6 is 0 Å². The number of hydrogen-bond donors (Lipinski definition) is 1. The van der Waals surface area contributed by atoms with Gasteiger partial charge in [0.1, 0.15) is 0 Å². The minimum absolute atomic E-state index is 0.0169. The molecule has 2 heterocycles. The summed E-state index contributed by atoms with van der Waals surface area (Å²) in [6.07, 6.45) is 1.06. The molecule has 2 amide bonds. The van der Waals surface area contributed by atoms with Crippen LogP contribution in [0.25, 0.3) is 0 Å². The summed E-state index contributed by atoms with van der Waals surface area (Å²) in [5, 5.41) is 2.88. The first-order valence-corrected chi connectivity index (χ1v) is 8.74. The van der Waals surface area contributed by atoms with Crippen LogP contribution in [0.15, 0.2) is 42.5 Å². The van der Waals surface area contributed by atoms with Gasteiger partial charge in [-0.1, -0.05) is 25.1 Å². The number of carbonyl (C=O) groups is 2. The van der Waals surface area contributed by atoms with Crippen LogP contribution in [0.3, 0.4) is 0 Å². The summed E-state index contributed by atoms with van der Waals surface area (Å²) >= 11 is 0. The monoisotopic (exact) mass is 352 g/mol. The van der Waals surface area contributed by atoms with E-state index in [4.69, 9.17) is 9.47 Å². The number of fused-ring (bicyclic) bond motifs is 1. The van der Waals surface area contributed by atoms with Gasteiger partial charge in [0.05, 0.1) is 5.92 Å². The van der Waals surface area contributed by atoms with Gasteiger partial charge in [-0.2, -0.15) is 0 Å². The predicted molar refractivity (Wildman–Crippen MR) is 97.5 cm³/mol. The molecule has 26 heavy (non-hydrogen) atoms. The van der Waals surface area contributed by atoms with Gasteiger partial charge in [0.2, 0.25) is 18.6 Å². The average molecular weight is 352 g/mol. The summed E-state index contributed by atoms with van der Waals surface area (Å²) in [5.41, 5.74) is 2.65. The fraction of sp³-hybridized carbons (Fsp3) is 0.300. The lowest BCUT2D eigenvalue weighted by Crippen LogP contribution is -2.28. The smallest absolute Gasteiger partial charge is 0.231 e. The molecule has 2 aliphatic rings. The Bertz CT molecular complexity index is 865. The van der Waals surface area contributed by atoms with Crippen LogP contribution in [0.5, 0.6) is 11.5 Å². The Kier molecular flexibility index (Phi) is 4.24. The number of carbonyl (C=O) groups excluding carboxylic acids is 2. The maximum absolute atomic E-state index is 12.6. The maximum Gasteiger partial charge on any atom is 0.231 e. The van der Waals surface area contributed by atoms with Crippen molar-refractivity contribution in [1.82, 2.24) is 0 Å². The maximum atomic E-state index is 12.6. The SMILES string of the molecule is CCc1ccccc1N1CC(C(=O)Nc2ccc3c(c2)OCO3)CC1=O. The standard InChI is InChI=1S/C20H20N2O4/c1-2-13-5-3-4-6-16(13)22-11-14(9-19(22)23)20(24)21-15-7-8-17-18(10-15)26-12-25-17/h3-8,10,14H,2,9,11-12H2,1H3,(H,21,24). The summed E-state index contributed by atoms with van der Waals surface area (Å²) < 4.78 is 10.6. The van der Waals surface area contributed by atoms with E-state index in [-0.39, 0.29) is 30.9 Å². The summed E-state index contributed by atoms with van der Waals surface area (Å²) in [5.74, 6) is 0.730. The first kappa shape index (κ1) is 16.4. The lowest BCUT2D eigenvalue weighted by Gasteiger charge is -2.20. The molecule has 1 N–H and O–H groups in total. The topological polar surface area (TPSA) is 67.9 Å². The molecule has 4 rings (SSSR count). The van der Waals surface area contributed by atoms with Crippen LogP contribution in [0.4, 0.5) is 11.4 Å². The quantitative estimate of drug-likeness (QED) is 0.919. The lowest BCUT2D eigenvalue weighted by atomic mass is 10.1. The van der Waals surface area contributed by atoms with Crippen LogP contribution < -0.4 is 19.7 Å². The highest BCUT2D eigenvalue weighted by atomic mass is 16.7. The molecule has 0 spiro atoms. The third-order valence-electron chi connectivity index (χ3n) is 4.80. The van der Waals surface area contributed by atoms with Crippen molar-refractivity contribution in [2.45, 2.75) is 19.8 Å². The molecule has 6 heteroatoms. The Labute approximate surface area is 151 Å². The zero-order valence-corrected chi connectivity index (χ0v) is 14.5. The van der Waals surface area contributed by atoms with E-state index >= 15 is 0 Å². The number of nitrogens with zero attached hydrogens (tertiary/aromatic N) is 1. The van der Waals surface area contributed by atoms with Crippen LogP contribution in [-0.4, -0.2) is 25.2 Å². The van der Waals surface area contributed by atoms with E-state index in [1.54, 1.807) is 23.1 Å². The fourth-order valence-electron chi connectivity index (χ4n) is 3.41. The van der Waals surface area contributed by atoms with E-state index in [9.17, 15) is 9.59 Å². The highest BCUT2D eigenvalue weighted by Crippen LogP contribution is 2.35. The molecule has 0 aliphatic carbocycles. The van der Waals surface area contributed by atoms with E-state index < -0.39 is 0 Å². The summed E-state index contributed by atoms with van der Waals surface area (Å²) in [6.45, 7) is 2.64. The minimum atomic E-state index is -0.377. The molecule has 2 aromatic rings. The molecule has 2 aromatic carbocycles. The van der Waals surface area contributed by atoms with Crippen LogP contribution in [0.1, 0.15) is 18.9 Å². The zero-order valence-electron chi connectivity index (χ0n) is 14.5. The fourth-order valence-corrected chi connectivity index (χ4v) is 3.41. The molecule has 1 saturated heterocycles. The third kappa shape index (κ3) is 2.98. The molecular formula is C20H20N2O4. The van der Waals surface area contributed by atoms with Gasteiger partial charge >= 0.3 is 0 Å². The van der Waals surface area contributed by atoms with Crippen molar-refractivity contribution < 1.29 is 19.1 Å². The second kappa shape index (κ2) is 6.71. The normalized spacial score (nSPS) is 18.3. The van der Waals surface area contributed by atoms with Gasteiger partial charge in [-0.25, -0.2) is 0 Å². The number of anilines is 2. The summed E-state index contributed by atoms with van der Waals surface area (Å²) in [7, 11) is 0. The van der Waals surface area contributed by atoms with Crippen molar-refractivity contribution in [3.63, 3.8) is 0 Å². The van der Waals surface area contributed by atoms with Crippen LogP contribution in [0.2, 0.25) is 0 Å². The summed E-state index contributed by atoms with van der Waals surface area (Å²) in [4.78, 5) is 26.8. The van der Waals surface area contributed by atoms with Gasteiger partial charge in [-0.05, 0) is 30.2 Å². The first-order valence-electron chi connectivity index (χ1n) is 8.74. The number of nitrogens with one attached hydrogen (secondary N) is 1. The number of ether oxygens (including phenoxy) is 2. The number of amides is 2. The van der Waals surface area contributed by atoms with Gasteiger partial charge in [0.15, 0.2) is 11.5 Å². The highest BCUT2D eigenvalue weighted by Gasteiger charge is 2.35. The van der Waals surface area contributed by atoms with E-state index in [1.807, 2.05) is 24.3 Å². The summed E-state index contributed by atoms with van der Waals surface area (Å²) in [6, 6.07) is 13.1. The molecule has 1 fully saturated rings. The van der Waals surface area contributed by atoms with Crippen molar-refractivity contribution in [2.24, 2.45) is 5.92 Å². The van der Waals surface area contributed by atoms with E-state index in [0.29, 0.717) is 23.7 Å². The lowest BCUT2D eigenvalue weighted by molar-refractivity contribution is -0.122. The van der Waals surface area contributed by atoms with Gasteiger partial charge in [-0.15, -0.1) is 0 Å². The van der Waals surface area contributed by atoms with Crippen molar-refractivity contribution in [3.8, 4) is 11.5 Å². The molecule has 1 atom stereocenters. The molecule has 0 radical (unpaired) electrons. The second-order valence-corrected chi connectivity index (χ2v) is 6.44. The van der Waals surface area contributed by atoms with Crippen molar-refractivity contribution in [1.29, 1.82) is 0 Å². The number of rotatable bonds is 4. The van der Waals surface area contributed by atoms with Gasteiger partial charge < -0.3 is 19.7 Å². The van der Waals surface area contributed by atoms with E-state index in [1.165, 1.54) is 0 Å². The zero-order chi connectivity index (χ0) is 18.1. The highest BCUT2D eigenvalue weighted by molar-refractivity contribution is 6.04. The molecule has 2 aliphatic heterocycles.